The highest BCUT2D eigenvalue weighted by Crippen LogP contribution is 2.67. The van der Waals surface area contributed by atoms with E-state index in [9.17, 15) is 19.5 Å². The van der Waals surface area contributed by atoms with Gasteiger partial charge < -0.3 is 20.6 Å². The first-order chi connectivity index (χ1) is 16.9. The number of hydrogen-bond donors (Lipinski definition) is 3. The number of nitrogens with zero attached hydrogens (tertiary/aromatic N) is 1. The molecule has 9 heteroatoms. The standard InChI is InChI=1S/C26H30BrN3O4S/c1-2-10-28-23(32)19-20-25(34)30(11-5-12-31)22(26(20)14-18(27)21(19)35-26)24(33)29-17-9-8-15-6-3-4-7-16(15)13-17/h3-4,6-9,13,18-22,31H,2,5,10-12,14H2,1H3,(H,28,32)(H,29,33)/t18?,19-,20+,21-,22?,26?/m1/s1. The third-order valence-electron chi connectivity index (χ3n) is 7.46. The monoisotopic (exact) mass is 559 g/mol. The van der Waals surface area contributed by atoms with Gasteiger partial charge in [-0.15, -0.1) is 11.8 Å². The lowest BCUT2D eigenvalue weighted by Crippen LogP contribution is -2.53. The molecule has 0 radical (unpaired) electrons. The molecule has 2 aromatic carbocycles. The second kappa shape index (κ2) is 9.75. The summed E-state index contributed by atoms with van der Waals surface area (Å²) in [5.74, 6) is -1.52. The van der Waals surface area contributed by atoms with Crippen molar-refractivity contribution in [2.45, 2.75) is 47.1 Å². The van der Waals surface area contributed by atoms with E-state index in [0.29, 0.717) is 25.1 Å². The molecule has 3 amide bonds. The van der Waals surface area contributed by atoms with Gasteiger partial charge in [0.25, 0.3) is 0 Å². The van der Waals surface area contributed by atoms with Gasteiger partial charge in [-0.05, 0) is 42.2 Å². The minimum Gasteiger partial charge on any atom is -0.396 e. The summed E-state index contributed by atoms with van der Waals surface area (Å²) >= 11 is 5.39. The fourth-order valence-corrected chi connectivity index (χ4v) is 9.67. The molecule has 3 N–H and O–H groups in total. The van der Waals surface area contributed by atoms with Crippen LogP contribution in [0, 0.1) is 11.8 Å². The molecule has 2 bridgehead atoms. The number of rotatable bonds is 8. The fourth-order valence-electron chi connectivity index (χ4n) is 6.05. The Bertz CT molecular complexity index is 1160. The summed E-state index contributed by atoms with van der Waals surface area (Å²) in [6.07, 6.45) is 1.84. The van der Waals surface area contributed by atoms with E-state index in [1.165, 1.54) is 0 Å². The van der Waals surface area contributed by atoms with Crippen molar-refractivity contribution in [3.63, 3.8) is 0 Å². The SMILES string of the molecule is CCCNC(=O)[C@H]1[C@@H]2SC3(CC2Br)C(C(=O)Nc2ccc4ccccc4c2)N(CCCO)C(=O)[C@H]13. The van der Waals surface area contributed by atoms with E-state index < -0.39 is 22.6 Å². The smallest absolute Gasteiger partial charge is 0.248 e. The predicted molar refractivity (Wildman–Crippen MR) is 142 cm³/mol. The Kier molecular flexibility index (Phi) is 6.85. The second-order valence-corrected chi connectivity index (χ2v) is 12.3. The van der Waals surface area contributed by atoms with Gasteiger partial charge in [0.2, 0.25) is 17.7 Å². The van der Waals surface area contributed by atoms with Crippen molar-refractivity contribution >= 4 is 61.9 Å². The molecule has 3 heterocycles. The van der Waals surface area contributed by atoms with Gasteiger partial charge in [0.05, 0.1) is 16.6 Å². The zero-order chi connectivity index (χ0) is 24.7. The average Bonchev–Trinajstić information content (AvgIpc) is 3.44. The number of thioether (sulfide) groups is 1. The Labute approximate surface area is 217 Å². The predicted octanol–water partition coefficient (Wildman–Crippen LogP) is 3.15. The van der Waals surface area contributed by atoms with Crippen molar-refractivity contribution < 1.29 is 19.5 Å². The van der Waals surface area contributed by atoms with Gasteiger partial charge in [-0.2, -0.15) is 0 Å². The number of carbonyl (C=O) groups is 3. The summed E-state index contributed by atoms with van der Waals surface area (Å²) in [7, 11) is 0. The summed E-state index contributed by atoms with van der Waals surface area (Å²) in [5, 5.41) is 17.6. The van der Waals surface area contributed by atoms with Gasteiger partial charge in [0.15, 0.2) is 0 Å². The Balaban J connectivity index is 1.48. The number of halogens is 1. The largest absolute Gasteiger partial charge is 0.396 e. The molecular formula is C26H30BrN3O4S. The first-order valence-electron chi connectivity index (χ1n) is 12.2. The molecule has 1 spiro atoms. The lowest BCUT2D eigenvalue weighted by Gasteiger charge is -2.35. The van der Waals surface area contributed by atoms with E-state index >= 15 is 0 Å². The molecule has 3 aliphatic rings. The maximum atomic E-state index is 13.9. The van der Waals surface area contributed by atoms with Crippen LogP contribution in [0.3, 0.4) is 0 Å². The van der Waals surface area contributed by atoms with Crippen LogP contribution in [0.15, 0.2) is 42.5 Å². The van der Waals surface area contributed by atoms with Crippen molar-refractivity contribution in [3.8, 4) is 0 Å². The van der Waals surface area contributed by atoms with Gasteiger partial charge in [-0.3, -0.25) is 14.4 Å². The van der Waals surface area contributed by atoms with Crippen LogP contribution in [0.1, 0.15) is 26.2 Å². The molecule has 0 aliphatic carbocycles. The van der Waals surface area contributed by atoms with E-state index in [-0.39, 0.29) is 41.0 Å². The second-order valence-electron chi connectivity index (χ2n) is 9.61. The number of aliphatic hydroxyl groups is 1. The van der Waals surface area contributed by atoms with Crippen molar-refractivity contribution in [2.75, 3.05) is 25.0 Å². The van der Waals surface area contributed by atoms with Crippen LogP contribution in [0.25, 0.3) is 10.8 Å². The molecule has 186 valence electrons. The van der Waals surface area contributed by atoms with Crippen LogP contribution in [-0.4, -0.2) is 68.3 Å². The Morgan fingerprint density at radius 3 is 2.71 bits per heavy atom. The van der Waals surface area contributed by atoms with Crippen LogP contribution >= 0.6 is 27.7 Å². The van der Waals surface area contributed by atoms with Crippen LogP contribution in [-0.2, 0) is 14.4 Å². The van der Waals surface area contributed by atoms with E-state index in [4.69, 9.17) is 0 Å². The average molecular weight is 561 g/mol. The molecule has 3 aliphatic heterocycles. The number of alkyl halides is 1. The number of likely N-dealkylation sites (tertiary alicyclic amines) is 1. The molecular weight excluding hydrogens is 530 g/mol. The highest BCUT2D eigenvalue weighted by atomic mass is 79.9. The first-order valence-corrected chi connectivity index (χ1v) is 14.0. The highest BCUT2D eigenvalue weighted by molar-refractivity contribution is 9.09. The topological polar surface area (TPSA) is 98.7 Å². The zero-order valence-corrected chi connectivity index (χ0v) is 22.0. The normalized spacial score (nSPS) is 31.1. The van der Waals surface area contributed by atoms with Crippen molar-refractivity contribution in [1.82, 2.24) is 10.2 Å². The van der Waals surface area contributed by atoms with Crippen LogP contribution in [0.2, 0.25) is 0 Å². The number of nitrogens with one attached hydrogen (secondary N) is 2. The van der Waals surface area contributed by atoms with Gasteiger partial charge in [0.1, 0.15) is 6.04 Å². The van der Waals surface area contributed by atoms with E-state index in [2.05, 4.69) is 26.6 Å². The van der Waals surface area contributed by atoms with Gasteiger partial charge >= 0.3 is 0 Å². The third kappa shape index (κ3) is 4.05. The molecule has 3 saturated heterocycles. The first kappa shape index (κ1) is 24.6. The summed E-state index contributed by atoms with van der Waals surface area (Å²) in [5.41, 5.74) is 0.674. The number of amides is 3. The number of benzene rings is 2. The van der Waals surface area contributed by atoms with Crippen molar-refractivity contribution in [3.05, 3.63) is 42.5 Å². The van der Waals surface area contributed by atoms with Crippen LogP contribution in [0.4, 0.5) is 5.69 Å². The third-order valence-corrected chi connectivity index (χ3v) is 10.7. The zero-order valence-electron chi connectivity index (χ0n) is 19.6. The molecule has 35 heavy (non-hydrogen) atoms. The molecule has 3 fully saturated rings. The van der Waals surface area contributed by atoms with Crippen molar-refractivity contribution in [1.29, 1.82) is 0 Å². The lowest BCUT2D eigenvalue weighted by molar-refractivity contribution is -0.139. The molecule has 2 aromatic rings. The Morgan fingerprint density at radius 1 is 1.20 bits per heavy atom. The lowest BCUT2D eigenvalue weighted by atomic mass is 9.70. The van der Waals surface area contributed by atoms with E-state index in [1.807, 2.05) is 49.4 Å². The Morgan fingerprint density at radius 2 is 1.97 bits per heavy atom. The van der Waals surface area contributed by atoms with E-state index in [1.54, 1.807) is 16.7 Å². The van der Waals surface area contributed by atoms with Crippen LogP contribution in [0.5, 0.6) is 0 Å². The number of anilines is 1. The molecule has 3 unspecified atom stereocenters. The molecule has 5 rings (SSSR count). The minimum absolute atomic E-state index is 0.0442. The quantitative estimate of drug-likeness (QED) is 0.431. The molecule has 6 atom stereocenters. The Hall–Kier alpha value is -2.10. The number of carbonyl (C=O) groups excluding carboxylic acids is 3. The summed E-state index contributed by atoms with van der Waals surface area (Å²) in [6, 6.07) is 13.0. The van der Waals surface area contributed by atoms with Crippen molar-refractivity contribution in [2.24, 2.45) is 11.8 Å². The maximum absolute atomic E-state index is 13.9. The highest BCUT2D eigenvalue weighted by Gasteiger charge is 2.75. The molecule has 0 aromatic heterocycles. The van der Waals surface area contributed by atoms with E-state index in [0.717, 1.165) is 17.2 Å². The van der Waals surface area contributed by atoms with Gasteiger partial charge in [0, 0.05) is 35.5 Å². The summed E-state index contributed by atoms with van der Waals surface area (Å²) < 4.78 is -0.680. The fraction of sp³-hybridized carbons (Fsp3) is 0.500. The van der Waals surface area contributed by atoms with Gasteiger partial charge in [-0.25, -0.2) is 0 Å². The molecule has 7 nitrogen and oxygen atoms in total. The minimum atomic E-state index is -0.711. The number of hydrogen-bond acceptors (Lipinski definition) is 5. The summed E-state index contributed by atoms with van der Waals surface area (Å²) in [6.45, 7) is 2.77. The van der Waals surface area contributed by atoms with Crippen LogP contribution < -0.4 is 10.6 Å². The van der Waals surface area contributed by atoms with Gasteiger partial charge in [-0.1, -0.05) is 53.2 Å². The number of aliphatic hydroxyl groups excluding tert-OH is 1. The maximum Gasteiger partial charge on any atom is 0.248 e. The number of fused-ring (bicyclic) bond motifs is 2. The molecule has 0 saturated carbocycles. The summed E-state index contributed by atoms with van der Waals surface area (Å²) in [4.78, 5) is 42.5.